The van der Waals surface area contributed by atoms with Crippen molar-refractivity contribution in [2.24, 2.45) is 4.99 Å². The number of anilines is 1. The molecule has 1 atom stereocenters. The summed E-state index contributed by atoms with van der Waals surface area (Å²) >= 11 is 13.8. The highest BCUT2D eigenvalue weighted by Gasteiger charge is 2.33. The Hall–Kier alpha value is -5.09. The minimum Gasteiger partial charge on any atom is -0.493 e. The van der Waals surface area contributed by atoms with Gasteiger partial charge in [0.1, 0.15) is 0 Å². The number of hydrogen-bond acceptors (Lipinski definition) is 6. The number of methoxy groups -OCH3 is 2. The predicted molar refractivity (Wildman–Crippen MR) is 201 cm³/mol. The number of nitrogens with zero attached hydrogens (tertiary/aromatic N) is 3. The van der Waals surface area contributed by atoms with Crippen LogP contribution in [0, 0.1) is 6.92 Å². The van der Waals surface area contributed by atoms with Crippen molar-refractivity contribution in [2.75, 3.05) is 19.5 Å². The number of halogens is 2. The Morgan fingerprint density at radius 3 is 2.46 bits per heavy atom. The molecule has 0 aliphatic carbocycles. The van der Waals surface area contributed by atoms with E-state index in [-0.39, 0.29) is 11.5 Å². The summed E-state index contributed by atoms with van der Waals surface area (Å²) in [5.74, 6) is 0.669. The highest BCUT2D eigenvalue weighted by molar-refractivity contribution is 7.07. The van der Waals surface area contributed by atoms with E-state index in [1.165, 1.54) is 11.3 Å². The van der Waals surface area contributed by atoms with Gasteiger partial charge in [0.25, 0.3) is 11.5 Å². The predicted octanol–water partition coefficient (Wildman–Crippen LogP) is 7.51. The molecule has 1 aliphatic rings. The molecule has 4 aromatic carbocycles. The van der Waals surface area contributed by atoms with E-state index in [0.29, 0.717) is 59.9 Å². The van der Waals surface area contributed by atoms with Gasteiger partial charge >= 0.3 is 0 Å². The largest absolute Gasteiger partial charge is 0.493 e. The fraction of sp³-hybridized carbons (Fsp3) is 0.154. The molecule has 3 heterocycles. The van der Waals surface area contributed by atoms with Gasteiger partial charge in [-0.3, -0.25) is 14.2 Å². The number of aromatic nitrogens is 2. The maximum Gasteiger partial charge on any atom is 0.271 e. The van der Waals surface area contributed by atoms with Crippen LogP contribution in [0.15, 0.2) is 112 Å². The second-order valence-electron chi connectivity index (χ2n) is 11.9. The molecule has 8 nitrogen and oxygen atoms in total. The summed E-state index contributed by atoms with van der Waals surface area (Å²) in [4.78, 5) is 33.9. The molecule has 0 fully saturated rings. The second kappa shape index (κ2) is 13.7. The summed E-state index contributed by atoms with van der Waals surface area (Å²) < 4.78 is 15.3. The minimum absolute atomic E-state index is 0.261. The lowest BCUT2D eigenvalue weighted by atomic mass is 9.94. The third-order valence-corrected chi connectivity index (χ3v) is 10.5. The van der Waals surface area contributed by atoms with Crippen LogP contribution >= 0.6 is 34.5 Å². The lowest BCUT2D eigenvalue weighted by Crippen LogP contribution is -2.40. The minimum atomic E-state index is -0.784. The van der Waals surface area contributed by atoms with Crippen LogP contribution in [0.1, 0.15) is 35.2 Å². The Labute approximate surface area is 302 Å². The van der Waals surface area contributed by atoms with Gasteiger partial charge in [-0.2, -0.15) is 0 Å². The quantitative estimate of drug-likeness (QED) is 0.176. The van der Waals surface area contributed by atoms with Crippen molar-refractivity contribution in [1.82, 2.24) is 9.13 Å². The number of allylic oxidation sites excluding steroid dienone is 1. The van der Waals surface area contributed by atoms with Crippen molar-refractivity contribution in [3.63, 3.8) is 0 Å². The zero-order valence-corrected chi connectivity index (χ0v) is 30.0. The van der Waals surface area contributed by atoms with Crippen molar-refractivity contribution >= 4 is 63.1 Å². The van der Waals surface area contributed by atoms with E-state index in [4.69, 9.17) is 37.7 Å². The molecule has 252 valence electrons. The SMILES string of the molecule is COc1ccc(C2C(C(=O)Nc3ccccc3C)=C(C)N=c3s/c(=C/c4cn(Cc5ccc(Cl)c(Cl)c5)c5ccccc45)c(=O)n32)cc1OC. The molecule has 0 saturated heterocycles. The number of amides is 1. The molecule has 7 rings (SSSR count). The number of carbonyl (C=O) groups excluding carboxylic acids is 1. The van der Waals surface area contributed by atoms with Crippen LogP contribution in [0.5, 0.6) is 11.5 Å². The number of thiazole rings is 1. The Kier molecular flexibility index (Phi) is 9.13. The first-order chi connectivity index (χ1) is 24.2. The molecule has 1 unspecified atom stereocenters. The molecular formula is C39H32Cl2N4O4S. The fourth-order valence-corrected chi connectivity index (χ4v) is 7.71. The number of nitrogens with one attached hydrogen (secondary N) is 1. The van der Waals surface area contributed by atoms with Gasteiger partial charge in [-0.1, -0.05) is 83.1 Å². The van der Waals surface area contributed by atoms with Crippen LogP contribution in [0.25, 0.3) is 17.0 Å². The van der Waals surface area contributed by atoms with Crippen molar-refractivity contribution in [2.45, 2.75) is 26.4 Å². The van der Waals surface area contributed by atoms with Gasteiger partial charge in [0.15, 0.2) is 16.3 Å². The van der Waals surface area contributed by atoms with E-state index >= 15 is 0 Å². The lowest BCUT2D eigenvalue weighted by molar-refractivity contribution is -0.113. The van der Waals surface area contributed by atoms with E-state index in [0.717, 1.165) is 27.6 Å². The molecule has 1 aliphatic heterocycles. The molecule has 1 N–H and O–H groups in total. The Morgan fingerprint density at radius 2 is 1.70 bits per heavy atom. The molecule has 1 amide bonds. The zero-order valence-electron chi connectivity index (χ0n) is 27.7. The van der Waals surface area contributed by atoms with E-state index in [2.05, 4.69) is 9.88 Å². The van der Waals surface area contributed by atoms with E-state index in [1.807, 2.05) is 85.9 Å². The van der Waals surface area contributed by atoms with E-state index in [1.54, 1.807) is 43.9 Å². The number of fused-ring (bicyclic) bond motifs is 2. The second-order valence-corrected chi connectivity index (χ2v) is 13.8. The topological polar surface area (TPSA) is 86.9 Å². The molecule has 11 heteroatoms. The van der Waals surface area contributed by atoms with E-state index in [9.17, 15) is 9.59 Å². The highest BCUT2D eigenvalue weighted by atomic mass is 35.5. The first kappa shape index (κ1) is 33.4. The summed E-state index contributed by atoms with van der Waals surface area (Å²) in [6.45, 7) is 4.29. The summed E-state index contributed by atoms with van der Waals surface area (Å²) in [7, 11) is 3.12. The third kappa shape index (κ3) is 6.13. The Balaban J connectivity index is 1.37. The van der Waals surface area contributed by atoms with Gasteiger partial charge in [0.05, 0.1) is 46.1 Å². The van der Waals surface area contributed by atoms with Crippen molar-refractivity contribution in [3.8, 4) is 11.5 Å². The molecule has 2 aromatic heterocycles. The smallest absolute Gasteiger partial charge is 0.271 e. The van der Waals surface area contributed by atoms with Crippen LogP contribution in [0.3, 0.4) is 0 Å². The van der Waals surface area contributed by atoms with Gasteiger partial charge in [-0.25, -0.2) is 4.99 Å². The molecule has 0 saturated carbocycles. The number of benzene rings is 4. The lowest BCUT2D eigenvalue weighted by Gasteiger charge is -2.26. The molecule has 50 heavy (non-hydrogen) atoms. The van der Waals surface area contributed by atoms with E-state index < -0.39 is 6.04 Å². The summed E-state index contributed by atoms with van der Waals surface area (Å²) in [6, 6.07) is 25.8. The summed E-state index contributed by atoms with van der Waals surface area (Å²) in [5, 5.41) is 5.04. The third-order valence-electron chi connectivity index (χ3n) is 8.83. The van der Waals surface area contributed by atoms with Gasteiger partial charge in [0, 0.05) is 34.9 Å². The van der Waals surface area contributed by atoms with Gasteiger partial charge < -0.3 is 19.4 Å². The molecule has 6 aromatic rings. The zero-order chi connectivity index (χ0) is 35.1. The van der Waals surface area contributed by atoms with Gasteiger partial charge in [-0.05, 0) is 73.0 Å². The van der Waals surface area contributed by atoms with Crippen LogP contribution in [-0.4, -0.2) is 29.3 Å². The van der Waals surface area contributed by atoms with Crippen LogP contribution < -0.4 is 29.7 Å². The number of hydrogen-bond donors (Lipinski definition) is 1. The van der Waals surface area contributed by atoms with Gasteiger partial charge in [-0.15, -0.1) is 0 Å². The molecule has 0 spiro atoms. The number of rotatable bonds is 8. The number of aryl methyl sites for hydroxylation is 1. The average molecular weight is 724 g/mol. The average Bonchev–Trinajstić information content (AvgIpc) is 3.61. The van der Waals surface area contributed by atoms with Crippen molar-refractivity contribution < 1.29 is 14.3 Å². The fourth-order valence-electron chi connectivity index (χ4n) is 6.35. The Bertz CT molecular complexity index is 2530. The summed E-state index contributed by atoms with van der Waals surface area (Å²) in [5.41, 5.74) is 5.76. The van der Waals surface area contributed by atoms with Crippen molar-refractivity contribution in [1.29, 1.82) is 0 Å². The number of ether oxygens (including phenoxy) is 2. The van der Waals surface area contributed by atoms with Crippen LogP contribution in [0.4, 0.5) is 5.69 Å². The van der Waals surface area contributed by atoms with Gasteiger partial charge in [0.2, 0.25) is 0 Å². The Morgan fingerprint density at radius 1 is 0.940 bits per heavy atom. The number of carbonyl (C=O) groups is 1. The monoisotopic (exact) mass is 722 g/mol. The van der Waals surface area contributed by atoms with Crippen LogP contribution in [-0.2, 0) is 11.3 Å². The maximum atomic E-state index is 14.5. The van der Waals surface area contributed by atoms with Crippen molar-refractivity contribution in [3.05, 3.63) is 154 Å². The number of para-hydroxylation sites is 2. The first-order valence-electron chi connectivity index (χ1n) is 15.8. The standard InChI is InChI=1S/C39H32Cl2N4O4S/c1-22-9-5-7-11-30(22)43-37(46)35-23(2)42-39-45(36(35)25-14-16-32(48-3)33(18-25)49-4)38(47)34(50-39)19-26-21-44(31-12-8-6-10-27(26)31)20-24-13-15-28(40)29(41)17-24/h5-19,21,36H,20H2,1-4H3,(H,43,46)/b34-19+. The highest BCUT2D eigenvalue weighted by Crippen LogP contribution is 2.36. The van der Waals surface area contributed by atoms with Crippen LogP contribution in [0.2, 0.25) is 10.0 Å². The summed E-state index contributed by atoms with van der Waals surface area (Å²) in [6.07, 6.45) is 3.93. The molecule has 0 bridgehead atoms. The molecular weight excluding hydrogens is 691 g/mol. The maximum absolute atomic E-state index is 14.5. The normalized spacial score (nSPS) is 14.4. The molecule has 0 radical (unpaired) electrons. The first-order valence-corrected chi connectivity index (χ1v) is 17.4.